The first-order chi connectivity index (χ1) is 9.24. The van der Waals surface area contributed by atoms with Crippen molar-refractivity contribution in [2.24, 2.45) is 0 Å². The van der Waals surface area contributed by atoms with Gasteiger partial charge in [0.15, 0.2) is 0 Å². The first kappa shape index (κ1) is 12.3. The van der Waals surface area contributed by atoms with Crippen LogP contribution in [0.5, 0.6) is 11.5 Å². The Hall–Kier alpha value is -1.74. The molecule has 0 amide bonds. The molecule has 0 saturated carbocycles. The van der Waals surface area contributed by atoms with Gasteiger partial charge in [-0.3, -0.25) is 0 Å². The van der Waals surface area contributed by atoms with Gasteiger partial charge in [0, 0.05) is 11.6 Å². The predicted octanol–water partition coefficient (Wildman–Crippen LogP) is 2.94. The van der Waals surface area contributed by atoms with Crippen LogP contribution in [0.15, 0.2) is 30.3 Å². The summed E-state index contributed by atoms with van der Waals surface area (Å²) in [6, 6.07) is 9.38. The van der Waals surface area contributed by atoms with Crippen LogP contribution in [0.1, 0.15) is 24.8 Å². The van der Waals surface area contributed by atoms with E-state index < -0.39 is 0 Å². The third-order valence-corrected chi connectivity index (χ3v) is 3.95. The van der Waals surface area contributed by atoms with Gasteiger partial charge in [0.2, 0.25) is 0 Å². The van der Waals surface area contributed by atoms with E-state index in [9.17, 15) is 10.2 Å². The molecule has 1 fully saturated rings. The maximum atomic E-state index is 10.1. The van der Waals surface area contributed by atoms with Gasteiger partial charge in [-0.15, -0.1) is 0 Å². The molecule has 100 valence electrons. The lowest BCUT2D eigenvalue weighted by atomic mass is 9.93. The van der Waals surface area contributed by atoms with Gasteiger partial charge in [-0.25, -0.2) is 0 Å². The number of hydrogen-bond acceptors (Lipinski definition) is 3. The third kappa shape index (κ3) is 2.51. The zero-order valence-corrected chi connectivity index (χ0v) is 10.9. The fraction of sp³-hybridized carbons (Fsp3) is 0.375. The summed E-state index contributed by atoms with van der Waals surface area (Å²) in [5, 5.41) is 25.3. The Labute approximate surface area is 112 Å². The average molecular weight is 257 g/mol. The zero-order valence-electron chi connectivity index (χ0n) is 10.9. The lowest BCUT2D eigenvalue weighted by Gasteiger charge is -2.24. The van der Waals surface area contributed by atoms with E-state index in [1.54, 1.807) is 18.2 Å². The summed E-state index contributed by atoms with van der Waals surface area (Å²) in [5.41, 5.74) is 0.938. The number of fused-ring (bicyclic) bond motifs is 1. The van der Waals surface area contributed by atoms with Crippen LogP contribution in [-0.4, -0.2) is 22.8 Å². The summed E-state index contributed by atoms with van der Waals surface area (Å²) in [4.78, 5) is 0. The van der Waals surface area contributed by atoms with Crippen molar-refractivity contribution in [1.29, 1.82) is 0 Å². The minimum atomic E-state index is 0.246. The molecule has 1 unspecified atom stereocenters. The summed E-state index contributed by atoms with van der Waals surface area (Å²) in [6.07, 6.45) is 4.44. The number of piperidine rings is 1. The highest BCUT2D eigenvalue weighted by Crippen LogP contribution is 2.31. The van der Waals surface area contributed by atoms with Crippen LogP contribution in [0.2, 0.25) is 0 Å². The Morgan fingerprint density at radius 3 is 2.74 bits per heavy atom. The number of rotatable bonds is 2. The molecule has 0 aliphatic carbocycles. The molecule has 3 heteroatoms. The summed E-state index contributed by atoms with van der Waals surface area (Å²) in [5.74, 6) is 0.571. The number of aromatic hydroxyl groups is 2. The van der Waals surface area contributed by atoms with Crippen LogP contribution in [0.3, 0.4) is 0 Å². The maximum Gasteiger partial charge on any atom is 0.119 e. The van der Waals surface area contributed by atoms with E-state index in [1.807, 2.05) is 12.1 Å². The summed E-state index contributed by atoms with van der Waals surface area (Å²) in [6.45, 7) is 1.06. The van der Waals surface area contributed by atoms with Crippen molar-refractivity contribution < 1.29 is 10.2 Å². The Morgan fingerprint density at radius 1 is 1.11 bits per heavy atom. The van der Waals surface area contributed by atoms with Gasteiger partial charge in [-0.05, 0) is 54.8 Å². The molecule has 1 aliphatic heterocycles. The second-order valence-electron chi connectivity index (χ2n) is 5.32. The minimum Gasteiger partial charge on any atom is -0.508 e. The number of nitrogens with one attached hydrogen (secondary N) is 1. The van der Waals surface area contributed by atoms with Crippen molar-refractivity contribution in [3.63, 3.8) is 0 Å². The molecular weight excluding hydrogens is 238 g/mol. The van der Waals surface area contributed by atoms with Gasteiger partial charge < -0.3 is 15.5 Å². The fourth-order valence-electron chi connectivity index (χ4n) is 2.92. The first-order valence-corrected chi connectivity index (χ1v) is 6.91. The maximum absolute atomic E-state index is 10.1. The van der Waals surface area contributed by atoms with E-state index in [0.717, 1.165) is 35.7 Å². The van der Waals surface area contributed by atoms with Crippen LogP contribution in [0.4, 0.5) is 0 Å². The molecule has 0 aromatic heterocycles. The Kier molecular flexibility index (Phi) is 3.30. The van der Waals surface area contributed by atoms with Crippen LogP contribution in [0.25, 0.3) is 10.8 Å². The molecule has 1 saturated heterocycles. The highest BCUT2D eigenvalue weighted by molar-refractivity contribution is 5.89. The quantitative estimate of drug-likeness (QED) is 0.775. The van der Waals surface area contributed by atoms with Crippen LogP contribution in [-0.2, 0) is 6.42 Å². The second kappa shape index (κ2) is 5.10. The van der Waals surface area contributed by atoms with Gasteiger partial charge in [0.1, 0.15) is 11.5 Å². The molecular formula is C16H19NO2. The smallest absolute Gasteiger partial charge is 0.119 e. The summed E-state index contributed by atoms with van der Waals surface area (Å²) < 4.78 is 0. The third-order valence-electron chi connectivity index (χ3n) is 3.95. The van der Waals surface area contributed by atoms with Crippen molar-refractivity contribution in [3.8, 4) is 11.5 Å². The first-order valence-electron chi connectivity index (χ1n) is 6.91. The number of hydrogen-bond donors (Lipinski definition) is 3. The van der Waals surface area contributed by atoms with E-state index in [2.05, 4.69) is 5.32 Å². The molecule has 2 aromatic rings. The van der Waals surface area contributed by atoms with E-state index >= 15 is 0 Å². The van der Waals surface area contributed by atoms with Crippen molar-refractivity contribution >= 4 is 10.8 Å². The van der Waals surface area contributed by atoms with Crippen LogP contribution < -0.4 is 5.32 Å². The lowest BCUT2D eigenvalue weighted by Crippen LogP contribution is -2.35. The molecule has 3 nitrogen and oxygen atoms in total. The SMILES string of the molecule is Oc1ccc2ccc(O)c(CC3CCCCN3)c2c1. The van der Waals surface area contributed by atoms with Gasteiger partial charge in [0.25, 0.3) is 0 Å². The molecule has 0 spiro atoms. The topological polar surface area (TPSA) is 52.5 Å². The predicted molar refractivity (Wildman–Crippen MR) is 76.6 cm³/mol. The zero-order chi connectivity index (χ0) is 13.2. The van der Waals surface area contributed by atoms with Crippen LogP contribution >= 0.6 is 0 Å². The lowest BCUT2D eigenvalue weighted by molar-refractivity contribution is 0.393. The molecule has 2 aromatic carbocycles. The molecule has 3 N–H and O–H groups in total. The average Bonchev–Trinajstić information content (AvgIpc) is 2.43. The van der Waals surface area contributed by atoms with Gasteiger partial charge in [-0.2, -0.15) is 0 Å². The Balaban J connectivity index is 2.00. The molecule has 1 aliphatic rings. The van der Waals surface area contributed by atoms with Gasteiger partial charge >= 0.3 is 0 Å². The number of benzene rings is 2. The highest BCUT2D eigenvalue weighted by atomic mass is 16.3. The second-order valence-corrected chi connectivity index (χ2v) is 5.32. The van der Waals surface area contributed by atoms with Gasteiger partial charge in [0.05, 0.1) is 0 Å². The molecule has 19 heavy (non-hydrogen) atoms. The monoisotopic (exact) mass is 257 g/mol. The molecule has 0 radical (unpaired) electrons. The van der Waals surface area contributed by atoms with Crippen molar-refractivity contribution in [1.82, 2.24) is 5.32 Å². The largest absolute Gasteiger partial charge is 0.508 e. The van der Waals surface area contributed by atoms with E-state index in [1.165, 1.54) is 12.8 Å². The summed E-state index contributed by atoms with van der Waals surface area (Å²) >= 11 is 0. The van der Waals surface area contributed by atoms with Crippen LogP contribution in [0, 0.1) is 0 Å². The molecule has 1 heterocycles. The van der Waals surface area contributed by atoms with Crippen molar-refractivity contribution in [2.45, 2.75) is 31.7 Å². The highest BCUT2D eigenvalue weighted by Gasteiger charge is 2.17. The van der Waals surface area contributed by atoms with E-state index in [4.69, 9.17) is 0 Å². The van der Waals surface area contributed by atoms with Crippen molar-refractivity contribution in [2.75, 3.05) is 6.54 Å². The number of phenols is 2. The normalized spacial score (nSPS) is 19.7. The van der Waals surface area contributed by atoms with Crippen molar-refractivity contribution in [3.05, 3.63) is 35.9 Å². The molecule has 0 bridgehead atoms. The number of phenolic OH excluding ortho intramolecular Hbond substituents is 2. The summed E-state index contributed by atoms with van der Waals surface area (Å²) in [7, 11) is 0. The van der Waals surface area contributed by atoms with Gasteiger partial charge in [-0.1, -0.05) is 18.6 Å². The van der Waals surface area contributed by atoms with E-state index in [0.29, 0.717) is 11.8 Å². The Bertz CT molecular complexity index is 583. The molecule has 1 atom stereocenters. The van der Waals surface area contributed by atoms with E-state index in [-0.39, 0.29) is 5.75 Å². The minimum absolute atomic E-state index is 0.246. The standard InChI is InChI=1S/C16H19NO2/c18-13-6-4-11-5-7-16(19)15(14(11)10-13)9-12-3-1-2-8-17-12/h4-7,10,12,17-19H,1-3,8-9H2. The Morgan fingerprint density at radius 2 is 1.95 bits per heavy atom. The molecule has 3 rings (SSSR count). The fourth-order valence-corrected chi connectivity index (χ4v) is 2.92.